The standard InChI is InChI=1S/2C28H40N2O3S/c2*1-19-12-14-22(15-13-19)34(32,33)30-25-11-9-8-10-24(25)29-18-20-16-21(27(2,3)4)17-23(26(20)31)28(5,6)7/h2*12-18,24-25,30-31H,8-11H2,1-7H3/t2*24-,25-/m10/s1. The Morgan fingerprint density at radius 3 is 1.09 bits per heavy atom. The summed E-state index contributed by atoms with van der Waals surface area (Å²) >= 11 is 0. The summed E-state index contributed by atoms with van der Waals surface area (Å²) in [5.74, 6) is 0.494. The zero-order valence-electron chi connectivity index (χ0n) is 43.3. The zero-order chi connectivity index (χ0) is 50.6. The van der Waals surface area contributed by atoms with Crippen molar-refractivity contribution in [2.75, 3.05) is 0 Å². The van der Waals surface area contributed by atoms with Crippen LogP contribution >= 0.6 is 0 Å². The predicted octanol–water partition coefficient (Wildman–Crippen LogP) is 12.0. The number of phenols is 2. The summed E-state index contributed by atoms with van der Waals surface area (Å²) in [5, 5.41) is 22.1. The molecule has 0 radical (unpaired) electrons. The topological polar surface area (TPSA) is 158 Å². The van der Waals surface area contributed by atoms with Gasteiger partial charge in [-0.3, -0.25) is 9.98 Å². The monoisotopic (exact) mass is 969 g/mol. The zero-order valence-corrected chi connectivity index (χ0v) is 44.9. The van der Waals surface area contributed by atoms with Crippen LogP contribution in [0.3, 0.4) is 0 Å². The highest BCUT2D eigenvalue weighted by atomic mass is 32.2. The highest BCUT2D eigenvalue weighted by molar-refractivity contribution is 7.89. The number of rotatable bonds is 10. The number of hydrogen-bond acceptors (Lipinski definition) is 8. The molecule has 372 valence electrons. The number of sulfonamides is 2. The number of nitrogens with zero attached hydrogens (tertiary/aromatic N) is 2. The molecule has 2 aliphatic rings. The van der Waals surface area contributed by atoms with Crippen LogP contribution in [0.25, 0.3) is 0 Å². The van der Waals surface area contributed by atoms with E-state index in [9.17, 15) is 27.0 Å². The minimum atomic E-state index is -3.63. The van der Waals surface area contributed by atoms with Gasteiger partial charge in [0, 0.05) is 46.8 Å². The Balaban J connectivity index is 0.000000254. The number of aliphatic imine (C=N–C) groups is 2. The molecule has 0 amide bonds. The van der Waals surface area contributed by atoms with Gasteiger partial charge in [-0.15, -0.1) is 0 Å². The van der Waals surface area contributed by atoms with Crippen molar-refractivity contribution in [2.24, 2.45) is 9.98 Å². The third-order valence-corrected chi connectivity index (χ3v) is 16.2. The molecular weight excluding hydrogens is 889 g/mol. The van der Waals surface area contributed by atoms with Crippen LogP contribution in [0, 0.1) is 13.8 Å². The molecule has 0 spiro atoms. The van der Waals surface area contributed by atoms with E-state index < -0.39 is 20.0 Å². The third kappa shape index (κ3) is 14.4. The second kappa shape index (κ2) is 21.3. The van der Waals surface area contributed by atoms with Crippen LogP contribution in [0.2, 0.25) is 0 Å². The first kappa shape index (κ1) is 54.6. The number of nitrogens with one attached hydrogen (secondary N) is 2. The fourth-order valence-electron chi connectivity index (χ4n) is 8.70. The van der Waals surface area contributed by atoms with Crippen molar-refractivity contribution in [3.63, 3.8) is 0 Å². The van der Waals surface area contributed by atoms with E-state index in [4.69, 9.17) is 9.98 Å². The quantitative estimate of drug-likeness (QED) is 0.116. The van der Waals surface area contributed by atoms with Gasteiger partial charge in [0.1, 0.15) is 11.5 Å². The van der Waals surface area contributed by atoms with E-state index in [1.165, 1.54) is 0 Å². The Kier molecular flexibility index (Phi) is 17.1. The van der Waals surface area contributed by atoms with Gasteiger partial charge in [0.2, 0.25) is 20.0 Å². The van der Waals surface area contributed by atoms with Crippen molar-refractivity contribution >= 4 is 32.5 Å². The average Bonchev–Trinajstić information content (AvgIpc) is 3.22. The van der Waals surface area contributed by atoms with E-state index in [-0.39, 0.29) is 67.1 Å². The number of aromatic hydroxyl groups is 2. The van der Waals surface area contributed by atoms with Gasteiger partial charge in [0.15, 0.2) is 0 Å². The Bertz CT molecular complexity index is 2460. The van der Waals surface area contributed by atoms with Crippen LogP contribution in [0.1, 0.15) is 179 Å². The van der Waals surface area contributed by atoms with Gasteiger partial charge in [-0.05, 0) is 109 Å². The van der Waals surface area contributed by atoms with Gasteiger partial charge in [0.05, 0.1) is 21.9 Å². The molecule has 6 rings (SSSR count). The maximum absolute atomic E-state index is 13.0. The van der Waals surface area contributed by atoms with Gasteiger partial charge in [-0.25, -0.2) is 26.3 Å². The number of hydrogen-bond donors (Lipinski definition) is 4. The van der Waals surface area contributed by atoms with Crippen LogP contribution in [-0.2, 0) is 41.7 Å². The molecule has 2 aliphatic carbocycles. The fraction of sp³-hybridized carbons (Fsp3) is 0.536. The first-order valence-corrected chi connectivity index (χ1v) is 27.3. The molecule has 0 aromatic heterocycles. The molecule has 12 heteroatoms. The lowest BCUT2D eigenvalue weighted by Crippen LogP contribution is -2.44. The maximum Gasteiger partial charge on any atom is 0.240 e. The fourth-order valence-corrected chi connectivity index (χ4v) is 11.3. The Morgan fingerprint density at radius 2 is 0.794 bits per heavy atom. The lowest BCUT2D eigenvalue weighted by Gasteiger charge is -2.30. The van der Waals surface area contributed by atoms with Crippen LogP contribution in [0.4, 0.5) is 0 Å². The van der Waals surface area contributed by atoms with Crippen molar-refractivity contribution in [2.45, 2.75) is 204 Å². The molecule has 0 bridgehead atoms. The summed E-state index contributed by atoms with van der Waals surface area (Å²) in [5.41, 5.74) is 6.87. The largest absolute Gasteiger partial charge is 0.507 e. The normalized spacial score (nSPS) is 20.1. The van der Waals surface area contributed by atoms with E-state index in [1.54, 1.807) is 36.7 Å². The molecule has 0 saturated heterocycles. The van der Waals surface area contributed by atoms with Crippen LogP contribution < -0.4 is 9.44 Å². The second-order valence-corrected chi connectivity index (χ2v) is 26.7. The van der Waals surface area contributed by atoms with Crippen LogP contribution in [-0.4, -0.2) is 63.6 Å². The maximum atomic E-state index is 13.0. The molecule has 0 unspecified atom stereocenters. The lowest BCUT2D eigenvalue weighted by atomic mass is 9.79. The number of phenolic OH excluding ortho intramolecular Hbond substituents is 2. The lowest BCUT2D eigenvalue weighted by molar-refractivity contribution is 0.363. The van der Waals surface area contributed by atoms with Crippen molar-refractivity contribution in [1.29, 1.82) is 0 Å². The number of benzene rings is 4. The molecule has 4 aromatic rings. The molecule has 4 atom stereocenters. The first-order chi connectivity index (χ1) is 31.4. The summed E-state index contributed by atoms with van der Waals surface area (Å²) in [4.78, 5) is 10.2. The Morgan fingerprint density at radius 1 is 0.485 bits per heavy atom. The molecule has 2 fully saturated rings. The average molecular weight is 969 g/mol. The van der Waals surface area contributed by atoms with Crippen LogP contribution in [0.5, 0.6) is 11.5 Å². The van der Waals surface area contributed by atoms with E-state index in [0.717, 1.165) is 84.7 Å². The summed E-state index contributed by atoms with van der Waals surface area (Å²) < 4.78 is 57.8. The highest BCUT2D eigenvalue weighted by Crippen LogP contribution is 2.39. The van der Waals surface area contributed by atoms with Crippen molar-refractivity contribution in [3.05, 3.63) is 117 Å². The highest BCUT2D eigenvalue weighted by Gasteiger charge is 2.32. The van der Waals surface area contributed by atoms with Gasteiger partial charge >= 0.3 is 0 Å². The first-order valence-electron chi connectivity index (χ1n) is 24.4. The minimum absolute atomic E-state index is 0.0761. The Hall–Kier alpha value is -4.36. The van der Waals surface area contributed by atoms with Crippen LogP contribution in [0.15, 0.2) is 92.6 Å². The molecule has 10 nitrogen and oxygen atoms in total. The summed E-state index contributed by atoms with van der Waals surface area (Å²) in [6.07, 6.45) is 10.5. The second-order valence-electron chi connectivity index (χ2n) is 23.3. The summed E-state index contributed by atoms with van der Waals surface area (Å²) in [7, 11) is -7.25. The van der Waals surface area contributed by atoms with Gasteiger partial charge in [0.25, 0.3) is 0 Å². The van der Waals surface area contributed by atoms with E-state index in [1.807, 2.05) is 50.2 Å². The Labute approximate surface area is 409 Å². The van der Waals surface area contributed by atoms with E-state index in [2.05, 4.69) is 105 Å². The molecule has 2 saturated carbocycles. The van der Waals surface area contributed by atoms with Gasteiger partial charge in [-0.2, -0.15) is 0 Å². The molecule has 0 aliphatic heterocycles. The number of aryl methyl sites for hydroxylation is 2. The SMILES string of the molecule is Cc1ccc(S(=O)(=O)N[C@@H]2CCCC[C@H]2N=Cc2cc(C(C)(C)C)cc(C(C)(C)C)c2O)cc1.Cc1ccc(S(=O)(=O)N[C@H]2CCCC[C@@H]2N=Cc2cc(C(C)(C)C)cc(C(C)(C)C)c2O)cc1. The van der Waals surface area contributed by atoms with E-state index >= 15 is 0 Å². The van der Waals surface area contributed by atoms with Crippen molar-refractivity contribution in [1.82, 2.24) is 9.44 Å². The predicted molar refractivity (Wildman–Crippen MR) is 281 cm³/mol. The van der Waals surface area contributed by atoms with Gasteiger partial charge in [-0.1, -0.05) is 156 Å². The van der Waals surface area contributed by atoms with E-state index in [0.29, 0.717) is 11.1 Å². The third-order valence-electron chi connectivity index (χ3n) is 13.2. The smallest absolute Gasteiger partial charge is 0.240 e. The van der Waals surface area contributed by atoms with Gasteiger partial charge < -0.3 is 10.2 Å². The summed E-state index contributed by atoms with van der Waals surface area (Å²) in [6, 6.07) is 21.1. The molecular formula is C56H80N4O6S2. The molecule has 0 heterocycles. The minimum Gasteiger partial charge on any atom is -0.507 e. The summed E-state index contributed by atoms with van der Waals surface area (Å²) in [6.45, 7) is 29.3. The van der Waals surface area contributed by atoms with Crippen molar-refractivity contribution in [3.8, 4) is 11.5 Å². The molecule has 68 heavy (non-hydrogen) atoms. The van der Waals surface area contributed by atoms with Crippen molar-refractivity contribution < 1.29 is 27.0 Å². The molecule has 4 N–H and O–H groups in total. The molecule has 4 aromatic carbocycles.